The van der Waals surface area contributed by atoms with Gasteiger partial charge in [0.1, 0.15) is 5.54 Å². The minimum atomic E-state index is -0.950. The summed E-state index contributed by atoms with van der Waals surface area (Å²) in [7, 11) is 0. The van der Waals surface area contributed by atoms with Crippen LogP contribution in [0.15, 0.2) is 0 Å². The maximum atomic E-state index is 12.2. The molecule has 1 aliphatic rings. The van der Waals surface area contributed by atoms with Crippen molar-refractivity contribution in [3.63, 3.8) is 0 Å². The van der Waals surface area contributed by atoms with Gasteiger partial charge in [-0.05, 0) is 49.9 Å². The number of hydrogen-bond acceptors (Lipinski definition) is 4. The van der Waals surface area contributed by atoms with Crippen LogP contribution in [0.2, 0.25) is 0 Å². The molecule has 0 aromatic carbocycles. The Balaban J connectivity index is 2.42. The van der Waals surface area contributed by atoms with E-state index in [-0.39, 0.29) is 29.8 Å². The average Bonchev–Trinajstić information content (AvgIpc) is 2.51. The summed E-state index contributed by atoms with van der Waals surface area (Å²) in [6.07, 6.45) is 3.69. The third kappa shape index (κ3) is 5.51. The molecule has 1 fully saturated rings. The Labute approximate surface area is 146 Å². The van der Waals surface area contributed by atoms with Crippen LogP contribution in [0.5, 0.6) is 0 Å². The average molecular weight is 336 g/mol. The number of nitriles is 1. The van der Waals surface area contributed by atoms with E-state index >= 15 is 0 Å². The van der Waals surface area contributed by atoms with Crippen LogP contribution >= 0.6 is 0 Å². The number of ether oxygens (including phenoxy) is 1. The second-order valence-corrected chi connectivity index (χ2v) is 8.54. The largest absolute Gasteiger partial charge is 0.455 e. The van der Waals surface area contributed by atoms with Crippen LogP contribution in [0, 0.1) is 34.5 Å². The van der Waals surface area contributed by atoms with E-state index in [1.807, 2.05) is 13.8 Å². The molecule has 0 saturated heterocycles. The van der Waals surface area contributed by atoms with Crippen molar-refractivity contribution in [2.45, 2.75) is 72.8 Å². The second kappa shape index (κ2) is 8.00. The molecule has 1 amide bonds. The van der Waals surface area contributed by atoms with E-state index in [2.05, 4.69) is 32.2 Å². The van der Waals surface area contributed by atoms with Gasteiger partial charge in [0.05, 0.1) is 12.0 Å². The highest BCUT2D eigenvalue weighted by Crippen LogP contribution is 2.40. The van der Waals surface area contributed by atoms with E-state index in [1.165, 1.54) is 0 Å². The molecule has 24 heavy (non-hydrogen) atoms. The van der Waals surface area contributed by atoms with Crippen molar-refractivity contribution in [2.24, 2.45) is 23.2 Å². The quantitative estimate of drug-likeness (QED) is 0.780. The number of carbonyl (C=O) groups excluding carboxylic acids is 2. The monoisotopic (exact) mass is 336 g/mol. The van der Waals surface area contributed by atoms with Crippen LogP contribution in [-0.2, 0) is 14.3 Å². The van der Waals surface area contributed by atoms with Crippen molar-refractivity contribution in [2.75, 3.05) is 6.61 Å². The number of carbonyl (C=O) groups is 2. The van der Waals surface area contributed by atoms with Crippen LogP contribution in [-0.4, -0.2) is 24.0 Å². The van der Waals surface area contributed by atoms with E-state index in [9.17, 15) is 14.9 Å². The molecule has 0 aliphatic heterocycles. The lowest BCUT2D eigenvalue weighted by Crippen LogP contribution is -2.50. The summed E-state index contributed by atoms with van der Waals surface area (Å²) in [5.41, 5.74) is -0.679. The molecule has 0 unspecified atom stereocenters. The Morgan fingerprint density at radius 2 is 1.71 bits per heavy atom. The van der Waals surface area contributed by atoms with Crippen LogP contribution in [0.1, 0.15) is 67.2 Å². The van der Waals surface area contributed by atoms with E-state index in [4.69, 9.17) is 4.74 Å². The molecule has 1 N–H and O–H groups in total. The Morgan fingerprint density at radius 1 is 1.17 bits per heavy atom. The molecule has 0 aromatic heterocycles. The topological polar surface area (TPSA) is 79.2 Å². The number of amides is 1. The fourth-order valence-corrected chi connectivity index (χ4v) is 3.08. The van der Waals surface area contributed by atoms with Gasteiger partial charge in [-0.1, -0.05) is 34.6 Å². The third-order valence-corrected chi connectivity index (χ3v) is 5.42. The number of nitrogens with one attached hydrogen (secondary N) is 1. The molecular weight excluding hydrogens is 304 g/mol. The van der Waals surface area contributed by atoms with Gasteiger partial charge in [0, 0.05) is 0 Å². The first-order valence-corrected chi connectivity index (χ1v) is 8.88. The molecular formula is C19H32N2O3. The van der Waals surface area contributed by atoms with Gasteiger partial charge in [-0.2, -0.15) is 5.26 Å². The molecule has 0 spiro atoms. The van der Waals surface area contributed by atoms with Gasteiger partial charge in [0.15, 0.2) is 6.61 Å². The van der Waals surface area contributed by atoms with Gasteiger partial charge in [-0.3, -0.25) is 9.59 Å². The minimum Gasteiger partial charge on any atom is -0.455 e. The molecule has 136 valence electrons. The Bertz CT molecular complexity index is 494. The van der Waals surface area contributed by atoms with Crippen LogP contribution < -0.4 is 5.32 Å². The first kappa shape index (κ1) is 20.5. The number of nitrogens with zero attached hydrogens (tertiary/aromatic N) is 1. The van der Waals surface area contributed by atoms with E-state index in [1.54, 1.807) is 6.92 Å². The Kier molecular flexibility index (Phi) is 6.83. The van der Waals surface area contributed by atoms with Crippen molar-refractivity contribution in [3.8, 4) is 6.07 Å². The summed E-state index contributed by atoms with van der Waals surface area (Å²) >= 11 is 0. The van der Waals surface area contributed by atoms with Gasteiger partial charge in [0.25, 0.3) is 5.91 Å². The van der Waals surface area contributed by atoms with Crippen molar-refractivity contribution in [1.82, 2.24) is 5.32 Å². The lowest BCUT2D eigenvalue weighted by atomic mass is 9.70. The van der Waals surface area contributed by atoms with E-state index < -0.39 is 11.4 Å². The Hall–Kier alpha value is -1.57. The van der Waals surface area contributed by atoms with Crippen molar-refractivity contribution < 1.29 is 14.3 Å². The molecule has 0 bridgehead atoms. The van der Waals surface area contributed by atoms with Gasteiger partial charge in [0.2, 0.25) is 0 Å². The predicted octanol–water partition coefficient (Wildman–Crippen LogP) is 3.44. The van der Waals surface area contributed by atoms with E-state index in [0.29, 0.717) is 5.92 Å². The van der Waals surface area contributed by atoms with Gasteiger partial charge in [-0.15, -0.1) is 0 Å². The third-order valence-electron chi connectivity index (χ3n) is 5.42. The van der Waals surface area contributed by atoms with Crippen LogP contribution in [0.3, 0.4) is 0 Å². The van der Waals surface area contributed by atoms with Crippen LogP contribution in [0.25, 0.3) is 0 Å². The predicted molar refractivity (Wildman–Crippen MR) is 92.9 cm³/mol. The minimum absolute atomic E-state index is 0.0326. The lowest BCUT2D eigenvalue weighted by Gasteiger charge is -2.36. The van der Waals surface area contributed by atoms with Gasteiger partial charge >= 0.3 is 5.97 Å². The molecule has 1 atom stereocenters. The van der Waals surface area contributed by atoms with Crippen molar-refractivity contribution in [3.05, 3.63) is 0 Å². The summed E-state index contributed by atoms with van der Waals surface area (Å²) < 4.78 is 5.17. The fourth-order valence-electron chi connectivity index (χ4n) is 3.08. The van der Waals surface area contributed by atoms with Gasteiger partial charge < -0.3 is 10.1 Å². The zero-order chi connectivity index (χ0) is 18.5. The summed E-state index contributed by atoms with van der Waals surface area (Å²) in [6.45, 7) is 11.8. The molecule has 0 heterocycles. The molecule has 5 heteroatoms. The molecule has 1 aliphatic carbocycles. The number of rotatable bonds is 5. The summed E-state index contributed by atoms with van der Waals surface area (Å²) in [6, 6.07) is 2.11. The normalized spacial score (nSPS) is 23.9. The molecule has 0 aromatic rings. The molecule has 1 rings (SSSR count). The van der Waals surface area contributed by atoms with E-state index in [0.717, 1.165) is 25.7 Å². The standard InChI is InChI=1S/C19H32N2O3/c1-13(2)19(6,12-20)21-16(22)11-24-17(23)14-7-9-15(10-8-14)18(3,4)5/h13-15H,7-11H2,1-6H3,(H,21,22)/t14?,15?,19-/m1/s1. The molecule has 0 radical (unpaired) electrons. The number of hydrogen-bond donors (Lipinski definition) is 1. The maximum absolute atomic E-state index is 12.2. The first-order valence-electron chi connectivity index (χ1n) is 8.88. The summed E-state index contributed by atoms with van der Waals surface area (Å²) in [5, 5.41) is 11.9. The zero-order valence-electron chi connectivity index (χ0n) is 15.9. The highest BCUT2D eigenvalue weighted by molar-refractivity contribution is 5.82. The SMILES string of the molecule is CC(C)[C@@](C)(C#N)NC(=O)COC(=O)C1CCC(C(C)(C)C)CC1. The molecule has 1 saturated carbocycles. The van der Waals surface area contributed by atoms with Crippen molar-refractivity contribution >= 4 is 11.9 Å². The molecule has 5 nitrogen and oxygen atoms in total. The lowest BCUT2D eigenvalue weighted by molar-refractivity contribution is -0.154. The summed E-state index contributed by atoms with van der Waals surface area (Å²) in [5.74, 6) is -0.226. The fraction of sp³-hybridized carbons (Fsp3) is 0.842. The zero-order valence-corrected chi connectivity index (χ0v) is 15.9. The number of esters is 1. The highest BCUT2D eigenvalue weighted by Gasteiger charge is 2.34. The Morgan fingerprint density at radius 3 is 2.12 bits per heavy atom. The van der Waals surface area contributed by atoms with Crippen molar-refractivity contribution in [1.29, 1.82) is 5.26 Å². The highest BCUT2D eigenvalue weighted by atomic mass is 16.5. The maximum Gasteiger partial charge on any atom is 0.309 e. The van der Waals surface area contributed by atoms with Gasteiger partial charge in [-0.25, -0.2) is 0 Å². The first-order chi connectivity index (χ1) is 11.0. The second-order valence-electron chi connectivity index (χ2n) is 8.54. The smallest absolute Gasteiger partial charge is 0.309 e. The van der Waals surface area contributed by atoms with Crippen LogP contribution in [0.4, 0.5) is 0 Å². The summed E-state index contributed by atoms with van der Waals surface area (Å²) in [4.78, 5) is 24.1.